The van der Waals surface area contributed by atoms with Crippen LogP contribution in [0.15, 0.2) is 18.2 Å². The summed E-state index contributed by atoms with van der Waals surface area (Å²) >= 11 is 0. The van der Waals surface area contributed by atoms with Crippen LogP contribution >= 0.6 is 0 Å². The van der Waals surface area contributed by atoms with E-state index in [1.165, 1.54) is 0 Å². The van der Waals surface area contributed by atoms with Gasteiger partial charge in [-0.3, -0.25) is 15.0 Å². The molecule has 2 saturated heterocycles. The monoisotopic (exact) mass is 436 g/mol. The molecule has 9 heteroatoms. The average Bonchev–Trinajstić information content (AvgIpc) is 2.99. The summed E-state index contributed by atoms with van der Waals surface area (Å²) in [5.74, 6) is -1.19. The molecule has 0 radical (unpaired) electrons. The summed E-state index contributed by atoms with van der Waals surface area (Å²) in [7, 11) is 0. The van der Waals surface area contributed by atoms with E-state index in [-0.39, 0.29) is 43.7 Å². The van der Waals surface area contributed by atoms with Crippen LogP contribution in [0.3, 0.4) is 0 Å². The quantitative estimate of drug-likeness (QED) is 0.402. The second-order valence-corrected chi connectivity index (χ2v) is 7.67. The Morgan fingerprint density at radius 2 is 1.94 bits per heavy atom. The van der Waals surface area contributed by atoms with Crippen LogP contribution in [0.1, 0.15) is 38.7 Å². The molecule has 0 atom stereocenters. The second-order valence-electron chi connectivity index (χ2n) is 7.67. The fourth-order valence-corrected chi connectivity index (χ4v) is 3.87. The Hall–Kier alpha value is -2.68. The minimum Gasteiger partial charge on any atom is -0.460 e. The van der Waals surface area contributed by atoms with Gasteiger partial charge in [-0.05, 0) is 25.3 Å². The van der Waals surface area contributed by atoms with E-state index in [1.807, 2.05) is 9.80 Å². The van der Waals surface area contributed by atoms with Crippen LogP contribution in [0, 0.1) is 17.1 Å². The van der Waals surface area contributed by atoms with E-state index in [9.17, 15) is 9.59 Å². The first-order valence-corrected chi connectivity index (χ1v) is 10.3. The number of nitrogens with zero attached hydrogens (tertiary/aromatic N) is 2. The molecule has 0 bridgehead atoms. The molecule has 1 aromatic rings. The predicted molar refractivity (Wildman–Crippen MR) is 116 cm³/mol. The lowest BCUT2D eigenvalue weighted by Gasteiger charge is -2.29. The van der Waals surface area contributed by atoms with Crippen LogP contribution in [0.2, 0.25) is 0 Å². The summed E-state index contributed by atoms with van der Waals surface area (Å²) in [6.45, 7) is 3.44. The first kappa shape index (κ1) is 24.6. The van der Waals surface area contributed by atoms with Crippen molar-refractivity contribution >= 4 is 23.4 Å². The first-order chi connectivity index (χ1) is 14.5. The standard InChI is InChI=1S/C21H29FN4O4.CH4/c22-20-16(14-30-19(27)13-18(23)24)3-1-4-17(20)25-7-2-8-26(10-9-25)21(28)15-5-11-29-12-6-15;/h1,3-4,15H,2,5-14H2,(H3,23,24);1H4. The molecular formula is C22H33FN4O4. The number of hydrogen-bond acceptors (Lipinski definition) is 6. The zero-order valence-electron chi connectivity index (χ0n) is 17.1. The summed E-state index contributed by atoms with van der Waals surface area (Å²) < 4.78 is 25.4. The number of esters is 1. The highest BCUT2D eigenvalue weighted by Crippen LogP contribution is 2.25. The fourth-order valence-electron chi connectivity index (χ4n) is 3.87. The number of anilines is 1. The third-order valence-corrected chi connectivity index (χ3v) is 5.50. The predicted octanol–water partition coefficient (Wildman–Crippen LogP) is 2.30. The molecule has 2 aliphatic rings. The number of benzene rings is 1. The molecule has 2 aliphatic heterocycles. The van der Waals surface area contributed by atoms with E-state index < -0.39 is 11.8 Å². The number of amidine groups is 1. The average molecular weight is 437 g/mol. The number of halogens is 1. The highest BCUT2D eigenvalue weighted by atomic mass is 19.1. The van der Waals surface area contributed by atoms with Gasteiger partial charge in [0.15, 0.2) is 5.82 Å². The van der Waals surface area contributed by atoms with Crippen molar-refractivity contribution in [2.24, 2.45) is 11.7 Å². The van der Waals surface area contributed by atoms with Gasteiger partial charge in [-0.2, -0.15) is 0 Å². The number of carbonyl (C=O) groups is 2. The van der Waals surface area contributed by atoms with Crippen molar-refractivity contribution in [2.75, 3.05) is 44.3 Å². The van der Waals surface area contributed by atoms with Crippen LogP contribution < -0.4 is 10.6 Å². The maximum Gasteiger partial charge on any atom is 0.313 e. The number of hydrogen-bond donors (Lipinski definition) is 2. The number of rotatable bonds is 6. The Bertz CT molecular complexity index is 783. The van der Waals surface area contributed by atoms with Gasteiger partial charge >= 0.3 is 5.97 Å². The van der Waals surface area contributed by atoms with Crippen molar-refractivity contribution in [3.8, 4) is 0 Å². The van der Waals surface area contributed by atoms with E-state index in [4.69, 9.17) is 20.6 Å². The van der Waals surface area contributed by atoms with Crippen molar-refractivity contribution in [2.45, 2.75) is 39.7 Å². The first-order valence-electron chi connectivity index (χ1n) is 10.3. The van der Waals surface area contributed by atoms with Crippen LogP contribution in [0.4, 0.5) is 10.1 Å². The maximum absolute atomic E-state index is 15.1. The van der Waals surface area contributed by atoms with Crippen LogP contribution in [-0.4, -0.2) is 62.0 Å². The highest BCUT2D eigenvalue weighted by Gasteiger charge is 2.28. The Labute approximate surface area is 183 Å². The Morgan fingerprint density at radius 1 is 1.19 bits per heavy atom. The molecule has 31 heavy (non-hydrogen) atoms. The van der Waals surface area contributed by atoms with Gasteiger partial charge in [0, 0.05) is 50.9 Å². The van der Waals surface area contributed by atoms with Crippen LogP contribution in [0.5, 0.6) is 0 Å². The minimum absolute atomic E-state index is 0. The zero-order chi connectivity index (χ0) is 21.5. The molecule has 8 nitrogen and oxygen atoms in total. The summed E-state index contributed by atoms with van der Waals surface area (Å²) in [6, 6.07) is 4.99. The Balaban J connectivity index is 0.00000341. The van der Waals surface area contributed by atoms with Gasteiger partial charge in [-0.15, -0.1) is 0 Å². The van der Waals surface area contributed by atoms with Crippen LogP contribution in [-0.2, 0) is 25.7 Å². The topological polar surface area (TPSA) is 109 Å². The largest absolute Gasteiger partial charge is 0.460 e. The van der Waals surface area contributed by atoms with E-state index in [0.717, 1.165) is 19.3 Å². The number of ether oxygens (including phenoxy) is 2. The van der Waals surface area contributed by atoms with Gasteiger partial charge in [0.1, 0.15) is 18.9 Å². The lowest BCUT2D eigenvalue weighted by molar-refractivity contribution is -0.143. The number of nitrogens with two attached hydrogens (primary N) is 1. The fraction of sp³-hybridized carbons (Fsp3) is 0.591. The van der Waals surface area contributed by atoms with Crippen molar-refractivity contribution in [1.29, 1.82) is 5.41 Å². The SMILES string of the molecule is C.N=C(N)CC(=O)OCc1cccc(N2CCCN(C(=O)C3CCOCC3)CC2)c1F. The number of nitrogens with one attached hydrogen (secondary N) is 1. The molecule has 0 spiro atoms. The third-order valence-electron chi connectivity index (χ3n) is 5.50. The maximum atomic E-state index is 15.1. The molecule has 2 heterocycles. The van der Waals surface area contributed by atoms with Crippen molar-refractivity contribution in [3.63, 3.8) is 0 Å². The Kier molecular flexibility index (Phi) is 9.23. The minimum atomic E-state index is -0.663. The van der Waals surface area contributed by atoms with Crippen molar-refractivity contribution in [1.82, 2.24) is 4.90 Å². The van der Waals surface area contributed by atoms with Gasteiger partial charge in [-0.25, -0.2) is 4.39 Å². The van der Waals surface area contributed by atoms with Gasteiger partial charge in [-0.1, -0.05) is 19.6 Å². The summed E-state index contributed by atoms with van der Waals surface area (Å²) in [4.78, 5) is 28.2. The number of amides is 1. The molecule has 3 rings (SSSR count). The normalized spacial score (nSPS) is 17.5. The third kappa shape index (κ3) is 6.65. The molecule has 172 valence electrons. The number of carbonyl (C=O) groups excluding carboxylic acids is 2. The van der Waals surface area contributed by atoms with Crippen molar-refractivity contribution < 1.29 is 23.5 Å². The molecule has 1 aromatic carbocycles. The molecule has 0 unspecified atom stereocenters. The molecular weight excluding hydrogens is 403 g/mol. The summed E-state index contributed by atoms with van der Waals surface area (Å²) in [6.07, 6.45) is 1.97. The van der Waals surface area contributed by atoms with Crippen LogP contribution in [0.25, 0.3) is 0 Å². The highest BCUT2D eigenvalue weighted by molar-refractivity contribution is 5.94. The smallest absolute Gasteiger partial charge is 0.313 e. The molecule has 1 amide bonds. The lowest BCUT2D eigenvalue weighted by atomic mass is 9.98. The van der Waals surface area contributed by atoms with E-state index in [0.29, 0.717) is 45.1 Å². The molecule has 0 aromatic heterocycles. The Morgan fingerprint density at radius 3 is 2.65 bits per heavy atom. The lowest BCUT2D eigenvalue weighted by Crippen LogP contribution is -2.40. The summed E-state index contributed by atoms with van der Waals surface area (Å²) in [5.41, 5.74) is 5.88. The molecule has 2 fully saturated rings. The van der Waals surface area contributed by atoms with Gasteiger partial charge < -0.3 is 25.0 Å². The van der Waals surface area contributed by atoms with Gasteiger partial charge in [0.05, 0.1) is 5.69 Å². The van der Waals surface area contributed by atoms with E-state index in [2.05, 4.69) is 0 Å². The second kappa shape index (κ2) is 11.6. The molecule has 0 saturated carbocycles. The van der Waals surface area contributed by atoms with E-state index in [1.54, 1.807) is 18.2 Å². The molecule has 0 aliphatic carbocycles. The zero-order valence-corrected chi connectivity index (χ0v) is 17.1. The van der Waals surface area contributed by atoms with E-state index >= 15 is 4.39 Å². The van der Waals surface area contributed by atoms with Gasteiger partial charge in [0.25, 0.3) is 0 Å². The van der Waals surface area contributed by atoms with Gasteiger partial charge in [0.2, 0.25) is 5.91 Å². The molecule has 3 N–H and O–H groups in total. The van der Waals surface area contributed by atoms with Crippen molar-refractivity contribution in [3.05, 3.63) is 29.6 Å². The summed E-state index contributed by atoms with van der Waals surface area (Å²) in [5, 5.41) is 7.11.